The maximum atomic E-state index is 11.8. The lowest BCUT2D eigenvalue weighted by Crippen LogP contribution is -2.10. The van der Waals surface area contributed by atoms with Crippen LogP contribution in [0.3, 0.4) is 0 Å². The molecule has 1 heterocycles. The molecule has 2 aromatic rings. The predicted molar refractivity (Wildman–Crippen MR) is 74.1 cm³/mol. The van der Waals surface area contributed by atoms with Gasteiger partial charge in [0, 0.05) is 11.4 Å². The highest BCUT2D eigenvalue weighted by molar-refractivity contribution is 7.99. The fraction of sp³-hybridized carbons (Fsp3) is 0.250. The van der Waals surface area contributed by atoms with Gasteiger partial charge in [-0.05, 0) is 18.2 Å². The van der Waals surface area contributed by atoms with Crippen LogP contribution in [0.15, 0.2) is 28.2 Å². The van der Waals surface area contributed by atoms with Gasteiger partial charge in [-0.3, -0.25) is 9.59 Å². The van der Waals surface area contributed by atoms with E-state index in [4.69, 9.17) is 5.73 Å². The van der Waals surface area contributed by atoms with Crippen molar-refractivity contribution >= 4 is 34.3 Å². The monoisotopic (exact) mass is 279 g/mol. The number of nitrogens with one attached hydrogen (secondary N) is 1. The van der Waals surface area contributed by atoms with Crippen molar-refractivity contribution < 1.29 is 9.53 Å². The molecule has 0 aliphatic carbocycles. The molecule has 0 unspecified atom stereocenters. The Bertz CT molecular complexity index is 669. The average molecular weight is 279 g/mol. The van der Waals surface area contributed by atoms with Gasteiger partial charge in [-0.2, -0.15) is 0 Å². The Balaban J connectivity index is 2.19. The maximum Gasteiger partial charge on any atom is 0.306 e. The summed E-state index contributed by atoms with van der Waals surface area (Å²) >= 11 is 1.30. The summed E-state index contributed by atoms with van der Waals surface area (Å²) in [4.78, 5) is 29.8. The van der Waals surface area contributed by atoms with E-state index >= 15 is 0 Å². The minimum absolute atomic E-state index is 0.238. The highest BCUT2D eigenvalue weighted by Gasteiger charge is 2.06. The number of aromatic amines is 1. The number of ether oxygens (including phenoxy) is 1. The Hall–Kier alpha value is -2.02. The first-order chi connectivity index (χ1) is 9.10. The fourth-order valence-corrected chi connectivity index (χ4v) is 2.33. The van der Waals surface area contributed by atoms with Crippen LogP contribution in [0, 0.1) is 0 Å². The van der Waals surface area contributed by atoms with Crippen molar-refractivity contribution in [1.29, 1.82) is 0 Å². The van der Waals surface area contributed by atoms with E-state index in [0.29, 0.717) is 27.5 Å². The zero-order valence-corrected chi connectivity index (χ0v) is 11.1. The molecule has 0 atom stereocenters. The number of thioether (sulfide) groups is 1. The molecule has 0 aliphatic rings. The SMILES string of the molecule is COC(=O)CCSc1nc2ccc(N)cc2c(=O)[nH]1. The number of hydrogen-bond acceptors (Lipinski definition) is 6. The summed E-state index contributed by atoms with van der Waals surface area (Å²) in [5.74, 6) is 0.208. The number of nitrogen functional groups attached to an aromatic ring is 1. The van der Waals surface area contributed by atoms with Crippen molar-refractivity contribution in [1.82, 2.24) is 9.97 Å². The van der Waals surface area contributed by atoms with Gasteiger partial charge in [0.25, 0.3) is 5.56 Å². The van der Waals surface area contributed by atoms with Crippen LogP contribution in [0.1, 0.15) is 6.42 Å². The number of carbonyl (C=O) groups excluding carboxylic acids is 1. The lowest BCUT2D eigenvalue weighted by atomic mass is 10.2. The summed E-state index contributed by atoms with van der Waals surface area (Å²) in [6.07, 6.45) is 0.269. The first-order valence-corrected chi connectivity index (χ1v) is 6.58. The van der Waals surface area contributed by atoms with Crippen LogP contribution in [-0.4, -0.2) is 28.8 Å². The molecule has 0 saturated carbocycles. The summed E-state index contributed by atoms with van der Waals surface area (Å²) in [7, 11) is 1.34. The molecule has 1 aromatic carbocycles. The van der Waals surface area contributed by atoms with Gasteiger partial charge in [0.15, 0.2) is 5.16 Å². The number of nitrogens with two attached hydrogens (primary N) is 1. The van der Waals surface area contributed by atoms with Gasteiger partial charge >= 0.3 is 5.97 Å². The molecule has 100 valence electrons. The second kappa shape index (κ2) is 5.75. The summed E-state index contributed by atoms with van der Waals surface area (Å²) in [6, 6.07) is 4.98. The van der Waals surface area contributed by atoms with Gasteiger partial charge < -0.3 is 15.5 Å². The first-order valence-electron chi connectivity index (χ1n) is 5.59. The molecule has 0 saturated heterocycles. The topological polar surface area (TPSA) is 98.1 Å². The number of carbonyl (C=O) groups is 1. The molecular weight excluding hydrogens is 266 g/mol. The predicted octanol–water partition coefficient (Wildman–Crippen LogP) is 1.16. The van der Waals surface area contributed by atoms with Crippen molar-refractivity contribution in [3.05, 3.63) is 28.6 Å². The van der Waals surface area contributed by atoms with Gasteiger partial charge in [0.05, 0.1) is 24.4 Å². The summed E-state index contributed by atoms with van der Waals surface area (Å²) in [5.41, 5.74) is 6.49. The number of esters is 1. The lowest BCUT2D eigenvalue weighted by molar-refractivity contribution is -0.140. The van der Waals surface area contributed by atoms with E-state index in [2.05, 4.69) is 14.7 Å². The molecule has 19 heavy (non-hydrogen) atoms. The zero-order chi connectivity index (χ0) is 13.8. The van der Waals surface area contributed by atoms with E-state index in [-0.39, 0.29) is 17.9 Å². The van der Waals surface area contributed by atoms with Crippen LogP contribution in [0.4, 0.5) is 5.69 Å². The molecule has 3 N–H and O–H groups in total. The molecule has 7 heteroatoms. The van der Waals surface area contributed by atoms with Crippen molar-refractivity contribution in [2.45, 2.75) is 11.6 Å². The number of hydrogen-bond donors (Lipinski definition) is 2. The van der Waals surface area contributed by atoms with E-state index in [9.17, 15) is 9.59 Å². The normalized spacial score (nSPS) is 10.6. The van der Waals surface area contributed by atoms with Crippen LogP contribution in [0.25, 0.3) is 10.9 Å². The van der Waals surface area contributed by atoms with Crippen LogP contribution in [0.2, 0.25) is 0 Å². The molecule has 6 nitrogen and oxygen atoms in total. The number of anilines is 1. The van der Waals surface area contributed by atoms with Crippen LogP contribution >= 0.6 is 11.8 Å². The molecule has 0 radical (unpaired) electrons. The number of aromatic nitrogens is 2. The van der Waals surface area contributed by atoms with Crippen LogP contribution in [-0.2, 0) is 9.53 Å². The Labute approximate surface area is 113 Å². The number of nitrogens with zero attached hydrogens (tertiary/aromatic N) is 1. The molecule has 2 rings (SSSR count). The Morgan fingerprint density at radius 2 is 2.32 bits per heavy atom. The molecular formula is C12H13N3O3S. The summed E-state index contributed by atoms with van der Waals surface area (Å²) in [5, 5.41) is 0.934. The molecule has 0 aliphatic heterocycles. The number of H-pyrrole nitrogens is 1. The van der Waals surface area contributed by atoms with Crippen molar-refractivity contribution in [3.63, 3.8) is 0 Å². The van der Waals surface area contributed by atoms with E-state index in [1.807, 2.05) is 0 Å². The minimum atomic E-state index is -0.289. The van der Waals surface area contributed by atoms with Crippen LogP contribution in [0.5, 0.6) is 0 Å². The molecule has 0 fully saturated rings. The third kappa shape index (κ3) is 3.25. The second-order valence-corrected chi connectivity index (χ2v) is 4.91. The summed E-state index contributed by atoms with van der Waals surface area (Å²) in [6.45, 7) is 0. The Morgan fingerprint density at radius 3 is 3.05 bits per heavy atom. The molecule has 0 spiro atoms. The molecule has 1 aromatic heterocycles. The lowest BCUT2D eigenvalue weighted by Gasteiger charge is -2.03. The minimum Gasteiger partial charge on any atom is -0.469 e. The van der Waals surface area contributed by atoms with E-state index < -0.39 is 0 Å². The highest BCUT2D eigenvalue weighted by Crippen LogP contribution is 2.17. The number of rotatable bonds is 4. The molecule has 0 amide bonds. The van der Waals surface area contributed by atoms with E-state index in [1.165, 1.54) is 18.9 Å². The van der Waals surface area contributed by atoms with Gasteiger partial charge in [0.1, 0.15) is 0 Å². The van der Waals surface area contributed by atoms with E-state index in [0.717, 1.165) is 0 Å². The highest BCUT2D eigenvalue weighted by atomic mass is 32.2. The maximum absolute atomic E-state index is 11.8. The van der Waals surface area contributed by atoms with Gasteiger partial charge in [-0.15, -0.1) is 0 Å². The molecule has 0 bridgehead atoms. The van der Waals surface area contributed by atoms with Crippen LogP contribution < -0.4 is 11.3 Å². The second-order valence-electron chi connectivity index (χ2n) is 3.82. The largest absolute Gasteiger partial charge is 0.469 e. The van der Waals surface area contributed by atoms with Gasteiger partial charge in [0.2, 0.25) is 0 Å². The van der Waals surface area contributed by atoms with Crippen molar-refractivity contribution in [3.8, 4) is 0 Å². The number of fused-ring (bicyclic) bond motifs is 1. The average Bonchev–Trinajstić information content (AvgIpc) is 2.39. The zero-order valence-electron chi connectivity index (χ0n) is 10.3. The third-order valence-electron chi connectivity index (χ3n) is 2.48. The van der Waals surface area contributed by atoms with E-state index in [1.54, 1.807) is 18.2 Å². The smallest absolute Gasteiger partial charge is 0.306 e. The number of methoxy groups -OCH3 is 1. The fourth-order valence-electron chi connectivity index (χ4n) is 1.54. The summed E-state index contributed by atoms with van der Waals surface area (Å²) < 4.78 is 4.54. The Morgan fingerprint density at radius 1 is 1.53 bits per heavy atom. The van der Waals surface area contributed by atoms with Crippen molar-refractivity contribution in [2.24, 2.45) is 0 Å². The Kier molecular flexibility index (Phi) is 4.06. The number of benzene rings is 1. The third-order valence-corrected chi connectivity index (χ3v) is 3.36. The standard InChI is InChI=1S/C12H13N3O3S/c1-18-10(16)4-5-19-12-14-9-3-2-7(13)6-8(9)11(17)15-12/h2-3,6H,4-5,13H2,1H3,(H,14,15,17). The first kappa shape index (κ1) is 13.4. The van der Waals surface area contributed by atoms with Gasteiger partial charge in [-0.25, -0.2) is 4.98 Å². The quantitative estimate of drug-likeness (QED) is 0.377. The van der Waals surface area contributed by atoms with Gasteiger partial charge in [-0.1, -0.05) is 11.8 Å². The van der Waals surface area contributed by atoms with Crippen molar-refractivity contribution in [2.75, 3.05) is 18.6 Å².